The molecule has 0 N–H and O–H groups in total. The summed E-state index contributed by atoms with van der Waals surface area (Å²) in [5, 5.41) is 0. The molecule has 1 atom stereocenters. The highest BCUT2D eigenvalue weighted by atomic mass is 79.9. The number of hydrogen-bond donors (Lipinski definition) is 0. The van der Waals surface area contributed by atoms with E-state index in [0.717, 1.165) is 8.95 Å². The number of morpholine rings is 1. The van der Waals surface area contributed by atoms with E-state index in [2.05, 4.69) is 31.9 Å². The van der Waals surface area contributed by atoms with Gasteiger partial charge < -0.3 is 9.64 Å². The predicted octanol–water partition coefficient (Wildman–Crippen LogP) is 4.07. The number of hydrogen-bond acceptors (Lipinski definition) is 2. The highest BCUT2D eigenvalue weighted by Crippen LogP contribution is 2.27. The summed E-state index contributed by atoms with van der Waals surface area (Å²) >= 11 is 12.7. The van der Waals surface area contributed by atoms with Crippen molar-refractivity contribution in [2.24, 2.45) is 0 Å². The number of rotatable bonds is 2. The van der Waals surface area contributed by atoms with Crippen molar-refractivity contribution >= 4 is 49.4 Å². The smallest absolute Gasteiger partial charge is 0.255 e. The van der Waals surface area contributed by atoms with E-state index in [1.165, 1.54) is 0 Å². The first-order valence-electron chi connectivity index (χ1n) is 6.30. The number of alkyl halides is 1. The molecule has 0 spiro atoms. The molecule has 0 saturated carbocycles. The number of nitrogens with zero attached hydrogens (tertiary/aromatic N) is 1. The Labute approximate surface area is 140 Å². The third kappa shape index (κ3) is 3.75. The van der Waals surface area contributed by atoms with E-state index in [0.29, 0.717) is 24.5 Å². The number of ether oxygens (including phenoxy) is 1. The van der Waals surface area contributed by atoms with Crippen LogP contribution in [0.4, 0.5) is 0 Å². The quantitative estimate of drug-likeness (QED) is 0.669. The number of halogens is 3. The molecule has 1 fully saturated rings. The molecule has 110 valence electrons. The standard InChI is InChI=1S/C14H16Br2ClNO2/c1-14(2)8-18(7-10(6-17)20-14)13(19)11-4-3-9(15)5-12(11)16/h3-5,10H,6-8H2,1-2H3. The van der Waals surface area contributed by atoms with E-state index in [1.807, 2.05) is 36.9 Å². The summed E-state index contributed by atoms with van der Waals surface area (Å²) in [5.74, 6) is 0.380. The molecule has 0 aromatic heterocycles. The first-order valence-corrected chi connectivity index (χ1v) is 8.42. The highest BCUT2D eigenvalue weighted by molar-refractivity contribution is 9.11. The number of carbonyl (C=O) groups is 1. The molecule has 1 heterocycles. The molecule has 20 heavy (non-hydrogen) atoms. The molecule has 1 aromatic carbocycles. The Kier molecular flexibility index (Phi) is 5.16. The largest absolute Gasteiger partial charge is 0.367 e. The molecule has 0 bridgehead atoms. The number of carbonyl (C=O) groups excluding carboxylic acids is 1. The van der Waals surface area contributed by atoms with Crippen molar-refractivity contribution < 1.29 is 9.53 Å². The zero-order valence-electron chi connectivity index (χ0n) is 11.3. The Hall–Kier alpha value is -0.100. The molecule has 1 unspecified atom stereocenters. The molecule has 6 heteroatoms. The van der Waals surface area contributed by atoms with Crippen LogP contribution in [0.2, 0.25) is 0 Å². The van der Waals surface area contributed by atoms with Gasteiger partial charge in [-0.3, -0.25) is 4.79 Å². The minimum absolute atomic E-state index is 0.00383. The fourth-order valence-electron chi connectivity index (χ4n) is 2.36. The lowest BCUT2D eigenvalue weighted by atomic mass is 10.0. The van der Waals surface area contributed by atoms with Gasteiger partial charge in [0.05, 0.1) is 23.1 Å². The minimum atomic E-state index is -0.380. The molecule has 1 saturated heterocycles. The van der Waals surface area contributed by atoms with Crippen LogP contribution in [-0.4, -0.2) is 41.5 Å². The summed E-state index contributed by atoms with van der Waals surface area (Å²) in [6, 6.07) is 5.55. The summed E-state index contributed by atoms with van der Waals surface area (Å²) < 4.78 is 7.56. The van der Waals surface area contributed by atoms with E-state index < -0.39 is 0 Å². The van der Waals surface area contributed by atoms with E-state index in [9.17, 15) is 4.79 Å². The highest BCUT2D eigenvalue weighted by Gasteiger charge is 2.35. The summed E-state index contributed by atoms with van der Waals surface area (Å²) in [5.41, 5.74) is 0.272. The fraction of sp³-hybridized carbons (Fsp3) is 0.500. The topological polar surface area (TPSA) is 29.5 Å². The molecule has 0 radical (unpaired) electrons. The maximum Gasteiger partial charge on any atom is 0.255 e. The minimum Gasteiger partial charge on any atom is -0.367 e. The number of amides is 1. The van der Waals surface area contributed by atoms with Crippen LogP contribution in [0.15, 0.2) is 27.1 Å². The van der Waals surface area contributed by atoms with Crippen LogP contribution in [-0.2, 0) is 4.74 Å². The molecule has 1 aliphatic heterocycles. The summed E-state index contributed by atoms with van der Waals surface area (Å²) in [6.07, 6.45) is -0.126. The first kappa shape index (κ1) is 16.3. The van der Waals surface area contributed by atoms with Gasteiger partial charge in [0.1, 0.15) is 0 Å². The van der Waals surface area contributed by atoms with E-state index >= 15 is 0 Å². The van der Waals surface area contributed by atoms with Crippen molar-refractivity contribution in [2.75, 3.05) is 19.0 Å². The molecule has 1 aliphatic rings. The zero-order valence-corrected chi connectivity index (χ0v) is 15.3. The van der Waals surface area contributed by atoms with Gasteiger partial charge in [0.25, 0.3) is 5.91 Å². The van der Waals surface area contributed by atoms with Crippen molar-refractivity contribution in [3.05, 3.63) is 32.7 Å². The van der Waals surface area contributed by atoms with Crippen molar-refractivity contribution in [3.63, 3.8) is 0 Å². The molecular weight excluding hydrogens is 409 g/mol. The van der Waals surface area contributed by atoms with Gasteiger partial charge >= 0.3 is 0 Å². The lowest BCUT2D eigenvalue weighted by Crippen LogP contribution is -2.55. The van der Waals surface area contributed by atoms with Gasteiger partial charge in [-0.05, 0) is 48.0 Å². The van der Waals surface area contributed by atoms with Crippen LogP contribution in [0.25, 0.3) is 0 Å². The molecular formula is C14H16Br2ClNO2. The zero-order chi connectivity index (χ0) is 14.9. The normalized spacial score (nSPS) is 21.9. The van der Waals surface area contributed by atoms with E-state index in [1.54, 1.807) is 0 Å². The van der Waals surface area contributed by atoms with E-state index in [-0.39, 0.29) is 17.6 Å². The monoisotopic (exact) mass is 423 g/mol. The second kappa shape index (κ2) is 6.34. The third-order valence-electron chi connectivity index (χ3n) is 3.10. The third-order valence-corrected chi connectivity index (χ3v) is 4.60. The average Bonchev–Trinajstić information content (AvgIpc) is 2.36. The van der Waals surface area contributed by atoms with Crippen molar-refractivity contribution in [3.8, 4) is 0 Å². The van der Waals surface area contributed by atoms with Crippen LogP contribution in [0, 0.1) is 0 Å². The maximum absolute atomic E-state index is 12.7. The Morgan fingerprint density at radius 3 is 2.80 bits per heavy atom. The van der Waals surface area contributed by atoms with Gasteiger partial charge in [-0.25, -0.2) is 0 Å². The van der Waals surface area contributed by atoms with Gasteiger partial charge in [0.15, 0.2) is 0 Å². The predicted molar refractivity (Wildman–Crippen MR) is 87.4 cm³/mol. The molecule has 3 nitrogen and oxygen atoms in total. The molecule has 2 rings (SSSR count). The first-order chi connectivity index (χ1) is 9.32. The van der Waals surface area contributed by atoms with Crippen LogP contribution in [0.5, 0.6) is 0 Å². The SMILES string of the molecule is CC1(C)CN(C(=O)c2ccc(Br)cc2Br)CC(CCl)O1. The van der Waals surface area contributed by atoms with Crippen LogP contribution in [0.3, 0.4) is 0 Å². The van der Waals surface area contributed by atoms with Gasteiger partial charge in [-0.1, -0.05) is 15.9 Å². The Bertz CT molecular complexity index is 522. The fourth-order valence-corrected chi connectivity index (χ4v) is 3.74. The van der Waals surface area contributed by atoms with Gasteiger partial charge in [0.2, 0.25) is 0 Å². The van der Waals surface area contributed by atoms with Crippen LogP contribution in [0.1, 0.15) is 24.2 Å². The number of benzene rings is 1. The lowest BCUT2D eigenvalue weighted by molar-refractivity contribution is -0.117. The van der Waals surface area contributed by atoms with Crippen molar-refractivity contribution in [1.29, 1.82) is 0 Å². The van der Waals surface area contributed by atoms with Crippen molar-refractivity contribution in [2.45, 2.75) is 25.6 Å². The van der Waals surface area contributed by atoms with Crippen LogP contribution >= 0.6 is 43.5 Å². The molecule has 1 aromatic rings. The average molecular weight is 426 g/mol. The van der Waals surface area contributed by atoms with Gasteiger partial charge in [-0.2, -0.15) is 0 Å². The maximum atomic E-state index is 12.7. The Morgan fingerprint density at radius 1 is 1.50 bits per heavy atom. The summed E-state index contributed by atoms with van der Waals surface area (Å²) in [7, 11) is 0. The molecule has 0 aliphatic carbocycles. The summed E-state index contributed by atoms with van der Waals surface area (Å²) in [6.45, 7) is 5.03. The van der Waals surface area contributed by atoms with E-state index in [4.69, 9.17) is 16.3 Å². The summed E-state index contributed by atoms with van der Waals surface area (Å²) in [4.78, 5) is 14.5. The van der Waals surface area contributed by atoms with Crippen LogP contribution < -0.4 is 0 Å². The second-order valence-corrected chi connectivity index (χ2v) is 7.54. The Balaban J connectivity index is 2.23. The second-order valence-electron chi connectivity index (χ2n) is 5.46. The van der Waals surface area contributed by atoms with Crippen molar-refractivity contribution in [1.82, 2.24) is 4.90 Å². The lowest BCUT2D eigenvalue weighted by Gasteiger charge is -2.42. The van der Waals surface area contributed by atoms with Gasteiger partial charge in [0, 0.05) is 22.0 Å². The van der Waals surface area contributed by atoms with Gasteiger partial charge in [-0.15, -0.1) is 11.6 Å². The molecule has 1 amide bonds. The Morgan fingerprint density at radius 2 is 2.20 bits per heavy atom.